The van der Waals surface area contributed by atoms with E-state index in [2.05, 4.69) is 10.0 Å². The van der Waals surface area contributed by atoms with Gasteiger partial charge in [0.2, 0.25) is 10.0 Å². The maximum Gasteiger partial charge on any atom is 0.213 e. The van der Waals surface area contributed by atoms with Crippen LogP contribution in [0.25, 0.3) is 0 Å². The summed E-state index contributed by atoms with van der Waals surface area (Å²) in [5.74, 6) is 0.153. The third-order valence-electron chi connectivity index (χ3n) is 1.95. The van der Waals surface area contributed by atoms with Crippen LogP contribution in [0.3, 0.4) is 0 Å². The van der Waals surface area contributed by atoms with Gasteiger partial charge < -0.3 is 5.32 Å². The van der Waals surface area contributed by atoms with Crippen LogP contribution in [-0.2, 0) is 10.0 Å². The highest BCUT2D eigenvalue weighted by atomic mass is 32.2. The summed E-state index contributed by atoms with van der Waals surface area (Å²) >= 11 is 0. The van der Waals surface area contributed by atoms with E-state index in [-0.39, 0.29) is 11.8 Å². The molecule has 0 aliphatic rings. The van der Waals surface area contributed by atoms with Crippen LogP contribution in [0.5, 0.6) is 0 Å². The fourth-order valence-electron chi connectivity index (χ4n) is 1.00. The largest absolute Gasteiger partial charge is 0.319 e. The Bertz CT molecular complexity index is 210. The Morgan fingerprint density at radius 2 is 1.77 bits per heavy atom. The van der Waals surface area contributed by atoms with Gasteiger partial charge in [0, 0.05) is 12.6 Å². The van der Waals surface area contributed by atoms with Crippen LogP contribution in [-0.4, -0.2) is 33.8 Å². The second kappa shape index (κ2) is 6.34. The Kier molecular flexibility index (Phi) is 6.28. The smallest absolute Gasteiger partial charge is 0.213 e. The molecule has 5 heteroatoms. The lowest BCUT2D eigenvalue weighted by atomic mass is 10.2. The van der Waals surface area contributed by atoms with Gasteiger partial charge in [0.25, 0.3) is 0 Å². The van der Waals surface area contributed by atoms with Crippen molar-refractivity contribution in [3.8, 4) is 0 Å². The minimum atomic E-state index is -3.08. The summed E-state index contributed by atoms with van der Waals surface area (Å²) in [7, 11) is -1.34. The van der Waals surface area contributed by atoms with E-state index in [9.17, 15) is 8.42 Å². The molecule has 0 atom stereocenters. The average Bonchev–Trinajstić information content (AvgIpc) is 2.11. The molecular weight excluding hydrogens is 188 g/mol. The van der Waals surface area contributed by atoms with Gasteiger partial charge in [-0.3, -0.25) is 0 Å². The zero-order valence-electron chi connectivity index (χ0n) is 8.63. The second-order valence-electron chi connectivity index (χ2n) is 3.05. The van der Waals surface area contributed by atoms with Crippen molar-refractivity contribution in [3.63, 3.8) is 0 Å². The van der Waals surface area contributed by atoms with Gasteiger partial charge in [0.15, 0.2) is 0 Å². The minimum absolute atomic E-state index is 0.0851. The fraction of sp³-hybridized carbons (Fsp3) is 1.00. The maximum absolute atomic E-state index is 11.4. The molecule has 2 N–H and O–H groups in total. The predicted octanol–water partition coefficient (Wildman–Crippen LogP) is 0.314. The standard InChI is InChI=1S/C8H20N2O2S/c1-4-8(5-2)10-13(11,12)7-6-9-3/h8-10H,4-7H2,1-3H3. The quantitative estimate of drug-likeness (QED) is 0.633. The van der Waals surface area contributed by atoms with Crippen LogP contribution in [0.1, 0.15) is 26.7 Å². The van der Waals surface area contributed by atoms with Crippen molar-refractivity contribution < 1.29 is 8.42 Å². The van der Waals surface area contributed by atoms with Crippen molar-refractivity contribution in [2.45, 2.75) is 32.7 Å². The van der Waals surface area contributed by atoms with Crippen LogP contribution in [0, 0.1) is 0 Å². The van der Waals surface area contributed by atoms with Crippen LogP contribution in [0.4, 0.5) is 0 Å². The monoisotopic (exact) mass is 208 g/mol. The van der Waals surface area contributed by atoms with E-state index in [1.165, 1.54) is 0 Å². The molecule has 0 aromatic rings. The van der Waals surface area contributed by atoms with E-state index < -0.39 is 10.0 Å². The van der Waals surface area contributed by atoms with Crippen LogP contribution >= 0.6 is 0 Å². The van der Waals surface area contributed by atoms with Crippen molar-refractivity contribution in [2.75, 3.05) is 19.3 Å². The van der Waals surface area contributed by atoms with E-state index in [0.29, 0.717) is 6.54 Å². The highest BCUT2D eigenvalue weighted by molar-refractivity contribution is 7.89. The first kappa shape index (κ1) is 12.9. The van der Waals surface area contributed by atoms with Crippen LogP contribution in [0.2, 0.25) is 0 Å². The van der Waals surface area contributed by atoms with Crippen molar-refractivity contribution in [3.05, 3.63) is 0 Å². The molecule has 0 radical (unpaired) electrons. The molecule has 0 amide bonds. The Morgan fingerprint density at radius 3 is 2.15 bits per heavy atom. The zero-order chi connectivity index (χ0) is 10.3. The first-order valence-corrected chi connectivity index (χ1v) is 6.35. The van der Waals surface area contributed by atoms with Gasteiger partial charge in [-0.2, -0.15) is 0 Å². The molecule has 0 aliphatic heterocycles. The molecular formula is C8H20N2O2S. The van der Waals surface area contributed by atoms with Gasteiger partial charge in [0.1, 0.15) is 0 Å². The summed E-state index contributed by atoms with van der Waals surface area (Å²) < 4.78 is 25.4. The number of sulfonamides is 1. The van der Waals surface area contributed by atoms with Gasteiger partial charge in [-0.25, -0.2) is 13.1 Å². The SMILES string of the molecule is CCC(CC)NS(=O)(=O)CCNC. The van der Waals surface area contributed by atoms with E-state index in [1.807, 2.05) is 13.8 Å². The lowest BCUT2D eigenvalue weighted by Crippen LogP contribution is -2.37. The number of rotatable bonds is 7. The molecule has 0 unspecified atom stereocenters. The van der Waals surface area contributed by atoms with E-state index in [1.54, 1.807) is 7.05 Å². The highest BCUT2D eigenvalue weighted by Gasteiger charge is 2.13. The topological polar surface area (TPSA) is 58.2 Å². The highest BCUT2D eigenvalue weighted by Crippen LogP contribution is 1.98. The first-order valence-electron chi connectivity index (χ1n) is 4.70. The lowest BCUT2D eigenvalue weighted by molar-refractivity contribution is 0.529. The zero-order valence-corrected chi connectivity index (χ0v) is 9.45. The molecule has 13 heavy (non-hydrogen) atoms. The van der Waals surface area contributed by atoms with Crippen molar-refractivity contribution in [1.29, 1.82) is 0 Å². The molecule has 0 fully saturated rings. The molecule has 0 rings (SSSR count). The summed E-state index contributed by atoms with van der Waals surface area (Å²) in [4.78, 5) is 0. The summed E-state index contributed by atoms with van der Waals surface area (Å²) in [6.07, 6.45) is 1.69. The first-order chi connectivity index (χ1) is 6.05. The molecule has 0 saturated heterocycles. The minimum Gasteiger partial charge on any atom is -0.319 e. The maximum atomic E-state index is 11.4. The fourth-order valence-corrected chi connectivity index (χ4v) is 2.44. The molecule has 4 nitrogen and oxygen atoms in total. The third kappa shape index (κ3) is 6.01. The number of nitrogens with one attached hydrogen (secondary N) is 2. The van der Waals surface area contributed by atoms with Gasteiger partial charge in [-0.05, 0) is 19.9 Å². The molecule has 0 saturated carbocycles. The normalized spacial score (nSPS) is 12.3. The summed E-state index contributed by atoms with van der Waals surface area (Å²) in [6, 6.07) is 0.0851. The predicted molar refractivity (Wildman–Crippen MR) is 55.2 cm³/mol. The van der Waals surface area contributed by atoms with Gasteiger partial charge in [-0.15, -0.1) is 0 Å². The Hall–Kier alpha value is -0.130. The molecule has 0 aliphatic carbocycles. The van der Waals surface area contributed by atoms with Crippen molar-refractivity contribution in [2.24, 2.45) is 0 Å². The van der Waals surface area contributed by atoms with Crippen LogP contribution < -0.4 is 10.0 Å². The number of hydrogen-bond acceptors (Lipinski definition) is 3. The van der Waals surface area contributed by atoms with Gasteiger partial charge >= 0.3 is 0 Å². The Labute approximate surface area is 81.2 Å². The number of hydrogen-bond donors (Lipinski definition) is 2. The molecule has 0 heterocycles. The third-order valence-corrected chi connectivity index (χ3v) is 3.39. The molecule has 0 aromatic heterocycles. The van der Waals surface area contributed by atoms with Crippen LogP contribution in [0.15, 0.2) is 0 Å². The molecule has 80 valence electrons. The Balaban J connectivity index is 4.00. The lowest BCUT2D eigenvalue weighted by Gasteiger charge is -2.14. The van der Waals surface area contributed by atoms with Crippen molar-refractivity contribution in [1.82, 2.24) is 10.0 Å². The molecule has 0 bridgehead atoms. The Morgan fingerprint density at radius 1 is 1.23 bits per heavy atom. The molecule has 0 spiro atoms. The van der Waals surface area contributed by atoms with Gasteiger partial charge in [0.05, 0.1) is 5.75 Å². The van der Waals surface area contributed by atoms with E-state index in [0.717, 1.165) is 12.8 Å². The van der Waals surface area contributed by atoms with E-state index in [4.69, 9.17) is 0 Å². The van der Waals surface area contributed by atoms with Crippen molar-refractivity contribution >= 4 is 10.0 Å². The molecule has 0 aromatic carbocycles. The average molecular weight is 208 g/mol. The summed E-state index contributed by atoms with van der Waals surface area (Å²) in [5.41, 5.74) is 0. The second-order valence-corrected chi connectivity index (χ2v) is 4.93. The summed E-state index contributed by atoms with van der Waals surface area (Å²) in [5, 5.41) is 2.81. The summed E-state index contributed by atoms with van der Waals surface area (Å²) in [6.45, 7) is 4.46. The van der Waals surface area contributed by atoms with Gasteiger partial charge in [-0.1, -0.05) is 13.8 Å². The van der Waals surface area contributed by atoms with E-state index >= 15 is 0 Å².